The van der Waals surface area contributed by atoms with Crippen molar-refractivity contribution < 1.29 is 9.53 Å². The Balaban J connectivity index is 1.72. The first-order valence-electron chi connectivity index (χ1n) is 8.22. The van der Waals surface area contributed by atoms with Crippen molar-refractivity contribution in [2.75, 3.05) is 26.3 Å². The summed E-state index contributed by atoms with van der Waals surface area (Å²) in [6.45, 7) is 2.50. The number of aromatic nitrogens is 3. The molecule has 0 aliphatic carbocycles. The highest BCUT2D eigenvalue weighted by Gasteiger charge is 2.23. The van der Waals surface area contributed by atoms with E-state index in [1.807, 2.05) is 30.3 Å². The van der Waals surface area contributed by atoms with E-state index in [1.54, 1.807) is 21.8 Å². The molecule has 0 bridgehead atoms. The SMILES string of the molecule is O=C(c1cnc2ccn(Cc3ccccc3)n2c1=O)N1CCOCC1. The summed E-state index contributed by atoms with van der Waals surface area (Å²) in [5.74, 6) is -0.289. The molecule has 3 heterocycles. The van der Waals surface area contributed by atoms with Gasteiger partial charge >= 0.3 is 0 Å². The van der Waals surface area contributed by atoms with Crippen molar-refractivity contribution in [3.05, 3.63) is 70.3 Å². The van der Waals surface area contributed by atoms with Crippen LogP contribution in [0.3, 0.4) is 0 Å². The lowest BCUT2D eigenvalue weighted by Crippen LogP contribution is -2.43. The van der Waals surface area contributed by atoms with Gasteiger partial charge in [-0.3, -0.25) is 14.3 Å². The van der Waals surface area contributed by atoms with Gasteiger partial charge in [-0.05, 0) is 5.56 Å². The molecule has 0 unspecified atom stereocenters. The van der Waals surface area contributed by atoms with Crippen LogP contribution in [0.4, 0.5) is 0 Å². The van der Waals surface area contributed by atoms with Crippen LogP contribution in [0.5, 0.6) is 0 Å². The minimum Gasteiger partial charge on any atom is -0.378 e. The van der Waals surface area contributed by atoms with E-state index in [1.165, 1.54) is 10.7 Å². The van der Waals surface area contributed by atoms with Gasteiger partial charge in [0.05, 0.1) is 19.8 Å². The van der Waals surface area contributed by atoms with Crippen LogP contribution < -0.4 is 5.56 Å². The maximum atomic E-state index is 12.9. The van der Waals surface area contributed by atoms with E-state index in [0.717, 1.165) is 5.56 Å². The molecule has 0 saturated carbocycles. The standard InChI is InChI=1S/C18H18N4O3/c23-17(20-8-10-25-11-9-20)15-12-19-16-6-7-21(22(16)18(15)24)13-14-4-2-1-3-5-14/h1-7,12H,8-11,13H2. The van der Waals surface area contributed by atoms with Crippen molar-refractivity contribution in [1.82, 2.24) is 19.1 Å². The Labute approximate surface area is 144 Å². The molecule has 7 heteroatoms. The van der Waals surface area contributed by atoms with Gasteiger partial charge in [-0.15, -0.1) is 0 Å². The normalized spacial score (nSPS) is 14.8. The minimum atomic E-state index is -0.345. The summed E-state index contributed by atoms with van der Waals surface area (Å²) in [6, 6.07) is 11.6. The van der Waals surface area contributed by atoms with Crippen molar-refractivity contribution in [2.45, 2.75) is 6.54 Å². The Hall–Kier alpha value is -2.93. The fourth-order valence-corrected chi connectivity index (χ4v) is 3.02. The van der Waals surface area contributed by atoms with Crippen LogP contribution in [0, 0.1) is 0 Å². The number of nitrogens with zero attached hydrogens (tertiary/aromatic N) is 4. The third kappa shape index (κ3) is 2.94. The van der Waals surface area contributed by atoms with E-state index < -0.39 is 0 Å². The molecule has 7 nitrogen and oxygen atoms in total. The zero-order valence-corrected chi connectivity index (χ0v) is 13.7. The number of hydrogen-bond acceptors (Lipinski definition) is 4. The number of benzene rings is 1. The molecule has 0 spiro atoms. The molecule has 0 atom stereocenters. The molecule has 128 valence electrons. The fraction of sp³-hybridized carbons (Fsp3) is 0.278. The quantitative estimate of drug-likeness (QED) is 0.715. The number of carbonyl (C=O) groups is 1. The number of morpholine rings is 1. The molecule has 1 aliphatic heterocycles. The lowest BCUT2D eigenvalue weighted by molar-refractivity contribution is 0.0301. The van der Waals surface area contributed by atoms with Crippen LogP contribution in [0.2, 0.25) is 0 Å². The highest BCUT2D eigenvalue weighted by molar-refractivity contribution is 5.93. The Morgan fingerprint density at radius 1 is 1.12 bits per heavy atom. The van der Waals surface area contributed by atoms with E-state index in [-0.39, 0.29) is 17.0 Å². The first-order chi connectivity index (χ1) is 12.2. The minimum absolute atomic E-state index is 0.0902. The second-order valence-electron chi connectivity index (χ2n) is 5.95. The predicted molar refractivity (Wildman–Crippen MR) is 91.7 cm³/mol. The molecule has 2 aromatic heterocycles. The first-order valence-corrected chi connectivity index (χ1v) is 8.22. The molecule has 1 saturated heterocycles. The summed E-state index contributed by atoms with van der Waals surface area (Å²) in [5.41, 5.74) is 1.34. The number of amides is 1. The largest absolute Gasteiger partial charge is 0.378 e. The molecule has 0 N–H and O–H groups in total. The average Bonchev–Trinajstić information content (AvgIpc) is 3.07. The van der Waals surface area contributed by atoms with E-state index in [0.29, 0.717) is 38.5 Å². The summed E-state index contributed by atoms with van der Waals surface area (Å²) in [7, 11) is 0. The Kier molecular flexibility index (Phi) is 4.07. The number of fused-ring (bicyclic) bond motifs is 1. The maximum absolute atomic E-state index is 12.9. The Bertz CT molecular complexity index is 955. The van der Waals surface area contributed by atoms with Crippen LogP contribution in [0.15, 0.2) is 53.6 Å². The predicted octanol–water partition coefficient (Wildman–Crippen LogP) is 1.02. The van der Waals surface area contributed by atoms with Gasteiger partial charge in [0.1, 0.15) is 5.56 Å². The molecule has 4 rings (SSSR count). The van der Waals surface area contributed by atoms with Crippen molar-refractivity contribution in [3.63, 3.8) is 0 Å². The molecule has 1 aromatic carbocycles. The number of hydrogen-bond donors (Lipinski definition) is 0. The van der Waals surface area contributed by atoms with Crippen molar-refractivity contribution in [1.29, 1.82) is 0 Å². The summed E-state index contributed by atoms with van der Waals surface area (Å²) in [5, 5.41) is 0. The van der Waals surface area contributed by atoms with Gasteiger partial charge in [0.2, 0.25) is 0 Å². The maximum Gasteiger partial charge on any atom is 0.285 e. The van der Waals surface area contributed by atoms with Crippen LogP contribution in [0.1, 0.15) is 15.9 Å². The van der Waals surface area contributed by atoms with Gasteiger partial charge in [0.25, 0.3) is 11.5 Å². The van der Waals surface area contributed by atoms with Crippen molar-refractivity contribution in [3.8, 4) is 0 Å². The molecule has 1 aliphatic rings. The van der Waals surface area contributed by atoms with E-state index in [4.69, 9.17) is 4.74 Å². The van der Waals surface area contributed by atoms with Crippen molar-refractivity contribution >= 4 is 11.6 Å². The average molecular weight is 338 g/mol. The number of rotatable bonds is 3. The first kappa shape index (κ1) is 15.6. The summed E-state index contributed by atoms with van der Waals surface area (Å²) in [4.78, 5) is 31.5. The smallest absolute Gasteiger partial charge is 0.285 e. The lowest BCUT2D eigenvalue weighted by atomic mass is 10.2. The van der Waals surface area contributed by atoms with Crippen molar-refractivity contribution in [2.24, 2.45) is 0 Å². The third-order valence-electron chi connectivity index (χ3n) is 4.33. The molecule has 0 radical (unpaired) electrons. The van der Waals surface area contributed by atoms with Gasteiger partial charge in [-0.25, -0.2) is 4.98 Å². The van der Waals surface area contributed by atoms with E-state index in [9.17, 15) is 9.59 Å². The zero-order valence-electron chi connectivity index (χ0n) is 13.7. The van der Waals surface area contributed by atoms with Gasteiger partial charge in [0.15, 0.2) is 5.65 Å². The van der Waals surface area contributed by atoms with Crippen LogP contribution in [-0.4, -0.2) is 51.3 Å². The monoisotopic (exact) mass is 338 g/mol. The number of ether oxygens (including phenoxy) is 1. The second-order valence-corrected chi connectivity index (χ2v) is 5.95. The van der Waals surface area contributed by atoms with Crippen LogP contribution in [0.25, 0.3) is 5.65 Å². The Morgan fingerprint density at radius 3 is 2.64 bits per heavy atom. The highest BCUT2D eigenvalue weighted by Crippen LogP contribution is 2.08. The number of carbonyl (C=O) groups excluding carboxylic acids is 1. The zero-order chi connectivity index (χ0) is 17.2. The highest BCUT2D eigenvalue weighted by atomic mass is 16.5. The van der Waals surface area contributed by atoms with Gasteiger partial charge in [-0.1, -0.05) is 30.3 Å². The summed E-state index contributed by atoms with van der Waals surface area (Å²) < 4.78 is 8.50. The molecular formula is C18H18N4O3. The fourth-order valence-electron chi connectivity index (χ4n) is 3.02. The topological polar surface area (TPSA) is 68.8 Å². The van der Waals surface area contributed by atoms with Gasteiger partial charge in [-0.2, -0.15) is 4.52 Å². The third-order valence-corrected chi connectivity index (χ3v) is 4.33. The Morgan fingerprint density at radius 2 is 1.88 bits per heavy atom. The van der Waals surface area contributed by atoms with E-state index in [2.05, 4.69) is 4.98 Å². The molecule has 1 fully saturated rings. The second kappa shape index (κ2) is 6.52. The molecular weight excluding hydrogens is 320 g/mol. The lowest BCUT2D eigenvalue weighted by Gasteiger charge is -2.26. The molecule has 25 heavy (non-hydrogen) atoms. The van der Waals surface area contributed by atoms with Gasteiger partial charge < -0.3 is 9.64 Å². The molecule has 3 aromatic rings. The van der Waals surface area contributed by atoms with Crippen LogP contribution >= 0.6 is 0 Å². The van der Waals surface area contributed by atoms with E-state index >= 15 is 0 Å². The summed E-state index contributed by atoms with van der Waals surface area (Å²) in [6.07, 6.45) is 3.18. The summed E-state index contributed by atoms with van der Waals surface area (Å²) >= 11 is 0. The molecule has 1 amide bonds. The van der Waals surface area contributed by atoms with Gasteiger partial charge in [0, 0.05) is 31.5 Å². The van der Waals surface area contributed by atoms with Crippen LogP contribution in [-0.2, 0) is 11.3 Å².